The smallest absolute Gasteiger partial charge is 0.310 e. The zero-order valence-corrected chi connectivity index (χ0v) is 12.2. The van der Waals surface area contributed by atoms with E-state index in [0.717, 1.165) is 0 Å². The van der Waals surface area contributed by atoms with E-state index in [1.165, 1.54) is 13.2 Å². The fourth-order valence-electron chi connectivity index (χ4n) is 1.65. The Hall–Kier alpha value is -1.63. The van der Waals surface area contributed by atoms with E-state index in [2.05, 4.69) is 15.9 Å². The molecule has 0 saturated carbocycles. The first kappa shape index (κ1) is 15.4. The van der Waals surface area contributed by atoms with Gasteiger partial charge < -0.3 is 9.47 Å². The highest BCUT2D eigenvalue weighted by Gasteiger charge is 2.21. The van der Waals surface area contributed by atoms with Gasteiger partial charge in [-0.05, 0) is 18.6 Å². The van der Waals surface area contributed by atoms with Crippen LogP contribution >= 0.6 is 15.9 Å². The number of nitrogens with zero attached hydrogens (tertiary/aromatic N) is 1. The maximum atomic E-state index is 11.5. The molecule has 0 spiro atoms. The maximum absolute atomic E-state index is 11.5. The van der Waals surface area contributed by atoms with Crippen LogP contribution in [0.4, 0.5) is 5.69 Å². The summed E-state index contributed by atoms with van der Waals surface area (Å²) >= 11 is 3.21. The number of carbonyl (C=O) groups is 1. The molecular weight excluding hydrogens is 318 g/mol. The molecule has 1 rings (SSSR count). The Kier molecular flexibility index (Phi) is 5.75. The fourth-order valence-corrected chi connectivity index (χ4v) is 2.29. The van der Waals surface area contributed by atoms with Crippen LogP contribution in [0.5, 0.6) is 5.75 Å². The third-order valence-electron chi connectivity index (χ3n) is 2.50. The molecule has 104 valence electrons. The highest BCUT2D eigenvalue weighted by molar-refractivity contribution is 9.08. The van der Waals surface area contributed by atoms with Crippen LogP contribution in [-0.2, 0) is 21.3 Å². The molecule has 0 bridgehead atoms. The Morgan fingerprint density at radius 2 is 2.16 bits per heavy atom. The van der Waals surface area contributed by atoms with E-state index in [9.17, 15) is 14.9 Å². The minimum atomic E-state index is -0.492. The minimum Gasteiger partial charge on any atom is -0.496 e. The van der Waals surface area contributed by atoms with Crippen molar-refractivity contribution in [2.45, 2.75) is 18.7 Å². The molecule has 0 N–H and O–H groups in total. The van der Waals surface area contributed by atoms with Gasteiger partial charge in [-0.1, -0.05) is 15.9 Å². The van der Waals surface area contributed by atoms with Crippen LogP contribution in [0, 0.1) is 10.1 Å². The van der Waals surface area contributed by atoms with Gasteiger partial charge in [-0.25, -0.2) is 0 Å². The van der Waals surface area contributed by atoms with Gasteiger partial charge in [0.05, 0.1) is 31.1 Å². The summed E-state index contributed by atoms with van der Waals surface area (Å²) in [6.45, 7) is 1.98. The van der Waals surface area contributed by atoms with Crippen LogP contribution in [0.2, 0.25) is 0 Å². The normalized spacial score (nSPS) is 10.1. The third kappa shape index (κ3) is 3.92. The standard InChI is InChI=1S/C12H14BrNO5/c1-3-19-12(15)5-8-4-9(18-2)6-11(14(16)17)10(8)7-13/h4,6H,3,5,7H2,1-2H3. The van der Waals surface area contributed by atoms with Gasteiger partial charge in [0.2, 0.25) is 0 Å². The Labute approximate surface area is 119 Å². The van der Waals surface area contributed by atoms with Crippen LogP contribution in [0.1, 0.15) is 18.1 Å². The highest BCUT2D eigenvalue weighted by Crippen LogP contribution is 2.30. The van der Waals surface area contributed by atoms with Crippen molar-refractivity contribution in [2.75, 3.05) is 13.7 Å². The van der Waals surface area contributed by atoms with Crippen LogP contribution in [0.15, 0.2) is 12.1 Å². The molecule has 0 fully saturated rings. The maximum Gasteiger partial charge on any atom is 0.310 e. The number of hydrogen-bond acceptors (Lipinski definition) is 5. The lowest BCUT2D eigenvalue weighted by Crippen LogP contribution is -2.10. The van der Waals surface area contributed by atoms with Gasteiger partial charge in [0.15, 0.2) is 0 Å². The largest absolute Gasteiger partial charge is 0.496 e. The van der Waals surface area contributed by atoms with Crippen LogP contribution < -0.4 is 4.74 Å². The molecule has 7 heteroatoms. The summed E-state index contributed by atoms with van der Waals surface area (Å²) in [4.78, 5) is 22.0. The second-order valence-corrected chi connectivity index (χ2v) is 4.22. The Balaban J connectivity index is 3.23. The van der Waals surface area contributed by atoms with Crippen molar-refractivity contribution in [3.63, 3.8) is 0 Å². The topological polar surface area (TPSA) is 78.7 Å². The van der Waals surface area contributed by atoms with Crippen molar-refractivity contribution in [2.24, 2.45) is 0 Å². The van der Waals surface area contributed by atoms with Crippen LogP contribution in [0.25, 0.3) is 0 Å². The van der Waals surface area contributed by atoms with Crippen molar-refractivity contribution >= 4 is 27.6 Å². The van der Waals surface area contributed by atoms with Crippen molar-refractivity contribution in [3.05, 3.63) is 33.4 Å². The van der Waals surface area contributed by atoms with E-state index in [-0.39, 0.29) is 24.0 Å². The number of alkyl halides is 1. The predicted octanol–water partition coefficient (Wildman–Crippen LogP) is 2.60. The number of ether oxygens (including phenoxy) is 2. The minimum absolute atomic E-state index is 0.0210. The molecule has 0 saturated heterocycles. The Morgan fingerprint density at radius 1 is 1.47 bits per heavy atom. The van der Waals surface area contributed by atoms with Crippen molar-refractivity contribution < 1.29 is 19.2 Å². The monoisotopic (exact) mass is 331 g/mol. The molecule has 0 aliphatic carbocycles. The molecule has 0 aromatic heterocycles. The average molecular weight is 332 g/mol. The van der Waals surface area contributed by atoms with E-state index in [1.54, 1.807) is 13.0 Å². The number of hydrogen-bond donors (Lipinski definition) is 0. The SMILES string of the molecule is CCOC(=O)Cc1cc(OC)cc([N+](=O)[O-])c1CBr. The third-order valence-corrected chi connectivity index (χ3v) is 3.06. The van der Waals surface area contributed by atoms with Gasteiger partial charge in [0.1, 0.15) is 5.75 Å². The first-order valence-electron chi connectivity index (χ1n) is 5.59. The zero-order chi connectivity index (χ0) is 14.4. The molecule has 6 nitrogen and oxygen atoms in total. The van der Waals surface area contributed by atoms with Crippen molar-refractivity contribution in [1.82, 2.24) is 0 Å². The summed E-state index contributed by atoms with van der Waals surface area (Å²) in [7, 11) is 1.42. The second kappa shape index (κ2) is 7.08. The van der Waals surface area contributed by atoms with Gasteiger partial charge in [-0.2, -0.15) is 0 Å². The molecule has 1 aromatic carbocycles. The molecule has 0 unspecified atom stereocenters. The highest BCUT2D eigenvalue weighted by atomic mass is 79.9. The van der Waals surface area contributed by atoms with Gasteiger partial charge in [-0.3, -0.25) is 14.9 Å². The summed E-state index contributed by atoms with van der Waals surface area (Å²) in [5, 5.41) is 11.3. The fraction of sp³-hybridized carbons (Fsp3) is 0.417. The molecule has 0 amide bonds. The second-order valence-electron chi connectivity index (χ2n) is 3.66. The summed E-state index contributed by atoms with van der Waals surface area (Å²) in [6, 6.07) is 2.95. The molecule has 1 aromatic rings. The summed E-state index contributed by atoms with van der Waals surface area (Å²) in [6.07, 6.45) is -0.0210. The molecule has 0 aliphatic heterocycles. The lowest BCUT2D eigenvalue weighted by atomic mass is 10.0. The van der Waals surface area contributed by atoms with Gasteiger partial charge in [-0.15, -0.1) is 0 Å². The van der Waals surface area contributed by atoms with E-state index >= 15 is 0 Å². The van der Waals surface area contributed by atoms with Crippen LogP contribution in [0.3, 0.4) is 0 Å². The predicted molar refractivity (Wildman–Crippen MR) is 72.6 cm³/mol. The molecule has 0 radical (unpaired) electrons. The average Bonchev–Trinajstić information content (AvgIpc) is 2.37. The molecular formula is C12H14BrNO5. The van der Waals surface area contributed by atoms with Crippen molar-refractivity contribution in [1.29, 1.82) is 0 Å². The number of nitro benzene ring substituents is 1. The van der Waals surface area contributed by atoms with E-state index in [1.807, 2.05) is 0 Å². The van der Waals surface area contributed by atoms with Gasteiger partial charge in [0.25, 0.3) is 5.69 Å². The number of benzene rings is 1. The molecule has 0 heterocycles. The van der Waals surface area contributed by atoms with Crippen LogP contribution in [-0.4, -0.2) is 24.6 Å². The van der Waals surface area contributed by atoms with Gasteiger partial charge >= 0.3 is 5.97 Å². The summed E-state index contributed by atoms with van der Waals surface area (Å²) < 4.78 is 9.87. The van der Waals surface area contributed by atoms with Gasteiger partial charge in [0, 0.05) is 10.9 Å². The van der Waals surface area contributed by atoms with E-state index in [0.29, 0.717) is 16.9 Å². The number of methoxy groups -OCH3 is 1. The quantitative estimate of drug-likeness (QED) is 0.346. The molecule has 0 atom stereocenters. The zero-order valence-electron chi connectivity index (χ0n) is 10.6. The Morgan fingerprint density at radius 3 is 2.63 bits per heavy atom. The van der Waals surface area contributed by atoms with Crippen molar-refractivity contribution in [3.8, 4) is 5.75 Å². The number of carbonyl (C=O) groups excluding carboxylic acids is 1. The summed E-state index contributed by atoms with van der Waals surface area (Å²) in [5.41, 5.74) is 0.913. The molecule has 0 aliphatic rings. The lowest BCUT2D eigenvalue weighted by molar-refractivity contribution is -0.385. The Bertz CT molecular complexity index is 489. The first-order valence-corrected chi connectivity index (χ1v) is 6.71. The number of rotatable bonds is 6. The summed E-state index contributed by atoms with van der Waals surface area (Å²) in [5.74, 6) is -0.0806. The number of esters is 1. The number of nitro groups is 1. The van der Waals surface area contributed by atoms with E-state index < -0.39 is 10.9 Å². The number of halogens is 1. The first-order chi connectivity index (χ1) is 9.03. The lowest BCUT2D eigenvalue weighted by Gasteiger charge is -2.10. The van der Waals surface area contributed by atoms with E-state index in [4.69, 9.17) is 9.47 Å². The molecule has 19 heavy (non-hydrogen) atoms.